The third-order valence-electron chi connectivity index (χ3n) is 2.67. The van der Waals surface area contributed by atoms with Crippen LogP contribution in [-0.2, 0) is 5.75 Å². The molecule has 18 heavy (non-hydrogen) atoms. The molecule has 3 rings (SSSR count). The summed E-state index contributed by atoms with van der Waals surface area (Å²) < 4.78 is 6.77. The Labute approximate surface area is 113 Å². The van der Waals surface area contributed by atoms with Crippen molar-refractivity contribution >= 4 is 33.3 Å². The van der Waals surface area contributed by atoms with Crippen molar-refractivity contribution in [3.63, 3.8) is 0 Å². The maximum absolute atomic E-state index is 5.54. The molecular weight excluding hydrogens is 264 g/mol. The largest absolute Gasteiger partial charge is 0.437 e. The third-order valence-corrected chi connectivity index (χ3v) is 4.72. The van der Waals surface area contributed by atoms with E-state index in [9.17, 15) is 0 Å². The van der Waals surface area contributed by atoms with E-state index in [4.69, 9.17) is 4.42 Å². The lowest BCUT2D eigenvalue weighted by molar-refractivity contribution is 0.431. The SMILES string of the molecule is Cc1nc(SCc2nc3ccccc3s2)oc1C. The van der Waals surface area contributed by atoms with Crippen molar-refractivity contribution in [3.8, 4) is 0 Å². The van der Waals surface area contributed by atoms with Gasteiger partial charge in [0.1, 0.15) is 10.8 Å². The standard InChI is InChI=1S/C13H12N2OS2/c1-8-9(2)16-13(14-8)17-7-12-15-10-5-3-4-6-11(10)18-12/h3-6H,7H2,1-2H3. The number of rotatable bonds is 3. The first-order valence-electron chi connectivity index (χ1n) is 5.63. The molecule has 0 amide bonds. The summed E-state index contributed by atoms with van der Waals surface area (Å²) in [4.78, 5) is 8.94. The lowest BCUT2D eigenvalue weighted by atomic mass is 10.3. The van der Waals surface area contributed by atoms with Crippen molar-refractivity contribution in [1.29, 1.82) is 0 Å². The summed E-state index contributed by atoms with van der Waals surface area (Å²) in [5.74, 6) is 1.69. The maximum atomic E-state index is 5.54. The second kappa shape index (κ2) is 4.74. The Morgan fingerprint density at radius 3 is 2.78 bits per heavy atom. The number of benzene rings is 1. The van der Waals surface area contributed by atoms with Gasteiger partial charge in [-0.1, -0.05) is 23.9 Å². The van der Waals surface area contributed by atoms with Gasteiger partial charge in [0, 0.05) is 0 Å². The Morgan fingerprint density at radius 1 is 1.22 bits per heavy atom. The molecule has 3 nitrogen and oxygen atoms in total. The van der Waals surface area contributed by atoms with Gasteiger partial charge in [-0.2, -0.15) is 0 Å². The van der Waals surface area contributed by atoms with Crippen molar-refractivity contribution in [2.75, 3.05) is 0 Å². The molecule has 1 aromatic carbocycles. The Hall–Kier alpha value is -1.33. The number of oxazole rings is 1. The molecule has 0 spiro atoms. The summed E-state index contributed by atoms with van der Waals surface area (Å²) >= 11 is 3.32. The Balaban J connectivity index is 1.76. The summed E-state index contributed by atoms with van der Waals surface area (Å²) in [5, 5.41) is 1.83. The van der Waals surface area contributed by atoms with Crippen molar-refractivity contribution < 1.29 is 4.42 Å². The van der Waals surface area contributed by atoms with Gasteiger partial charge in [-0.05, 0) is 26.0 Å². The first-order valence-corrected chi connectivity index (χ1v) is 7.44. The van der Waals surface area contributed by atoms with Crippen LogP contribution in [0.4, 0.5) is 0 Å². The normalized spacial score (nSPS) is 11.2. The van der Waals surface area contributed by atoms with Gasteiger partial charge < -0.3 is 4.42 Å². The molecule has 0 aliphatic rings. The molecule has 0 N–H and O–H groups in total. The van der Waals surface area contributed by atoms with E-state index in [1.54, 1.807) is 23.1 Å². The molecule has 0 unspecified atom stereocenters. The monoisotopic (exact) mass is 276 g/mol. The van der Waals surface area contributed by atoms with Gasteiger partial charge in [0.25, 0.3) is 5.22 Å². The van der Waals surface area contributed by atoms with E-state index in [0.29, 0.717) is 0 Å². The highest BCUT2D eigenvalue weighted by atomic mass is 32.2. The molecular formula is C13H12N2OS2. The number of thiazole rings is 1. The molecule has 0 saturated carbocycles. The zero-order valence-corrected chi connectivity index (χ0v) is 11.8. The molecule has 0 aliphatic carbocycles. The van der Waals surface area contributed by atoms with Crippen LogP contribution in [0.25, 0.3) is 10.2 Å². The topological polar surface area (TPSA) is 38.9 Å². The molecule has 0 saturated heterocycles. The van der Waals surface area contributed by atoms with Gasteiger partial charge in [0.15, 0.2) is 0 Å². The molecule has 3 aromatic rings. The number of nitrogens with zero attached hydrogens (tertiary/aromatic N) is 2. The average Bonchev–Trinajstić information content (AvgIpc) is 2.91. The smallest absolute Gasteiger partial charge is 0.256 e. The fraction of sp³-hybridized carbons (Fsp3) is 0.231. The van der Waals surface area contributed by atoms with Crippen LogP contribution in [0.1, 0.15) is 16.5 Å². The minimum Gasteiger partial charge on any atom is -0.437 e. The van der Waals surface area contributed by atoms with Crippen molar-refractivity contribution in [2.24, 2.45) is 0 Å². The Kier molecular flexibility index (Phi) is 3.09. The van der Waals surface area contributed by atoms with E-state index in [1.807, 2.05) is 32.0 Å². The van der Waals surface area contributed by atoms with Gasteiger partial charge in [-0.3, -0.25) is 0 Å². The van der Waals surface area contributed by atoms with E-state index < -0.39 is 0 Å². The molecule has 5 heteroatoms. The maximum Gasteiger partial charge on any atom is 0.256 e. The van der Waals surface area contributed by atoms with Gasteiger partial charge in [0.2, 0.25) is 0 Å². The van der Waals surface area contributed by atoms with Gasteiger partial charge >= 0.3 is 0 Å². The highest BCUT2D eigenvalue weighted by Crippen LogP contribution is 2.28. The number of hydrogen-bond donors (Lipinski definition) is 0. The fourth-order valence-corrected chi connectivity index (χ4v) is 3.48. The second-order valence-corrected chi connectivity index (χ2v) is 6.03. The van der Waals surface area contributed by atoms with Crippen LogP contribution in [0.5, 0.6) is 0 Å². The van der Waals surface area contributed by atoms with Crippen molar-refractivity contribution in [1.82, 2.24) is 9.97 Å². The van der Waals surface area contributed by atoms with Crippen LogP contribution in [0.3, 0.4) is 0 Å². The quantitative estimate of drug-likeness (QED) is 0.672. The molecule has 2 heterocycles. The predicted molar refractivity (Wildman–Crippen MR) is 75.2 cm³/mol. The molecule has 0 fully saturated rings. The minimum atomic E-state index is 0.726. The Bertz CT molecular complexity index is 635. The highest BCUT2D eigenvalue weighted by molar-refractivity contribution is 7.98. The van der Waals surface area contributed by atoms with Crippen molar-refractivity contribution in [3.05, 3.63) is 40.7 Å². The van der Waals surface area contributed by atoms with E-state index in [0.717, 1.165) is 33.0 Å². The fourth-order valence-electron chi connectivity index (χ4n) is 1.61. The molecule has 2 aromatic heterocycles. The van der Waals surface area contributed by atoms with Crippen LogP contribution >= 0.6 is 23.1 Å². The van der Waals surface area contributed by atoms with Crippen molar-refractivity contribution in [2.45, 2.75) is 24.8 Å². The molecule has 0 aliphatic heterocycles. The van der Waals surface area contributed by atoms with Crippen LogP contribution in [-0.4, -0.2) is 9.97 Å². The number of thioether (sulfide) groups is 1. The number of para-hydroxylation sites is 1. The summed E-state index contributed by atoms with van der Waals surface area (Å²) in [6, 6.07) is 8.19. The van der Waals surface area contributed by atoms with E-state index in [1.165, 1.54) is 4.70 Å². The van der Waals surface area contributed by atoms with E-state index >= 15 is 0 Å². The van der Waals surface area contributed by atoms with Gasteiger partial charge in [0.05, 0.1) is 21.7 Å². The molecule has 0 radical (unpaired) electrons. The van der Waals surface area contributed by atoms with Crippen LogP contribution in [0, 0.1) is 13.8 Å². The predicted octanol–water partition coefficient (Wildman–Crippen LogP) is 4.19. The lowest BCUT2D eigenvalue weighted by Crippen LogP contribution is -1.78. The number of aromatic nitrogens is 2. The first-order chi connectivity index (χ1) is 8.72. The zero-order chi connectivity index (χ0) is 12.5. The number of hydrogen-bond acceptors (Lipinski definition) is 5. The van der Waals surface area contributed by atoms with E-state index in [-0.39, 0.29) is 0 Å². The van der Waals surface area contributed by atoms with Gasteiger partial charge in [-0.25, -0.2) is 9.97 Å². The summed E-state index contributed by atoms with van der Waals surface area (Å²) in [6.45, 7) is 3.89. The van der Waals surface area contributed by atoms with Crippen LogP contribution in [0.2, 0.25) is 0 Å². The number of fused-ring (bicyclic) bond motifs is 1. The summed E-state index contributed by atoms with van der Waals surface area (Å²) in [5.41, 5.74) is 2.03. The molecule has 0 bridgehead atoms. The third kappa shape index (κ3) is 2.28. The first kappa shape index (κ1) is 11.7. The zero-order valence-electron chi connectivity index (χ0n) is 10.1. The highest BCUT2D eigenvalue weighted by Gasteiger charge is 2.08. The molecule has 92 valence electrons. The van der Waals surface area contributed by atoms with Crippen LogP contribution in [0.15, 0.2) is 33.9 Å². The van der Waals surface area contributed by atoms with Gasteiger partial charge in [-0.15, -0.1) is 11.3 Å². The summed E-state index contributed by atoms with van der Waals surface area (Å²) in [7, 11) is 0. The number of aryl methyl sites for hydroxylation is 2. The summed E-state index contributed by atoms with van der Waals surface area (Å²) in [6.07, 6.45) is 0. The second-order valence-electron chi connectivity index (χ2n) is 3.99. The Morgan fingerprint density at radius 2 is 2.06 bits per heavy atom. The molecule has 0 atom stereocenters. The minimum absolute atomic E-state index is 0.726. The van der Waals surface area contributed by atoms with E-state index in [2.05, 4.69) is 16.0 Å². The average molecular weight is 276 g/mol. The lowest BCUT2D eigenvalue weighted by Gasteiger charge is -1.91. The van der Waals surface area contributed by atoms with Crippen LogP contribution < -0.4 is 0 Å².